The maximum atomic E-state index is 13.3. The number of nitrogens with zero attached hydrogens (tertiary/aromatic N) is 1. The first kappa shape index (κ1) is 23.3. The summed E-state index contributed by atoms with van der Waals surface area (Å²) in [7, 11) is 0. The third kappa shape index (κ3) is 7.11. The molecular weight excluding hydrogens is 371 g/mol. The largest absolute Gasteiger partial charge is 0.381 e. The van der Waals surface area contributed by atoms with Gasteiger partial charge in [-0.15, -0.1) is 0 Å². The molecule has 0 atom stereocenters. The molecule has 1 heterocycles. The molecule has 0 saturated carbocycles. The van der Waals surface area contributed by atoms with Gasteiger partial charge in [0.1, 0.15) is 5.82 Å². The van der Waals surface area contributed by atoms with Crippen molar-refractivity contribution in [2.75, 3.05) is 32.8 Å². The molecule has 29 heavy (non-hydrogen) atoms. The second-order valence-electron chi connectivity index (χ2n) is 7.91. The van der Waals surface area contributed by atoms with E-state index in [1.54, 1.807) is 0 Å². The normalized spacial score (nSPS) is 15.7. The van der Waals surface area contributed by atoms with E-state index in [2.05, 4.69) is 19.2 Å². The molecule has 0 radical (unpaired) electrons. The molecule has 0 bridgehead atoms. The summed E-state index contributed by atoms with van der Waals surface area (Å²) in [4.78, 5) is 26.6. The first-order valence-corrected chi connectivity index (χ1v) is 10.9. The molecule has 0 aromatic heterocycles. The summed E-state index contributed by atoms with van der Waals surface area (Å²) in [5.41, 5.74) is 0.809. The minimum atomic E-state index is -0.259. The Hall–Kier alpha value is -1.95. The van der Waals surface area contributed by atoms with Gasteiger partial charge in [-0.2, -0.15) is 0 Å². The predicted octanol–water partition coefficient (Wildman–Crippen LogP) is 3.81. The Morgan fingerprint density at radius 3 is 2.28 bits per heavy atom. The van der Waals surface area contributed by atoms with Gasteiger partial charge in [0.2, 0.25) is 11.8 Å². The first-order valence-electron chi connectivity index (χ1n) is 10.9. The number of rotatable bonds is 11. The molecule has 0 spiro atoms. The van der Waals surface area contributed by atoms with Crippen molar-refractivity contribution in [2.45, 2.75) is 64.2 Å². The lowest BCUT2D eigenvalue weighted by atomic mass is 9.74. The fraction of sp³-hybridized carbons (Fsp3) is 0.652. The molecule has 0 aliphatic carbocycles. The molecule has 2 rings (SSSR count). The van der Waals surface area contributed by atoms with Gasteiger partial charge in [-0.05, 0) is 49.8 Å². The first-order chi connectivity index (χ1) is 14.0. The molecule has 2 amide bonds. The molecule has 1 aromatic carbocycles. The zero-order valence-corrected chi connectivity index (χ0v) is 17.8. The Bertz CT molecular complexity index is 636. The van der Waals surface area contributed by atoms with E-state index in [9.17, 15) is 14.0 Å². The zero-order chi connectivity index (χ0) is 21.1. The van der Waals surface area contributed by atoms with Crippen molar-refractivity contribution < 1.29 is 18.7 Å². The van der Waals surface area contributed by atoms with Crippen molar-refractivity contribution in [1.29, 1.82) is 0 Å². The number of carbonyl (C=O) groups excluding carboxylic acids is 2. The van der Waals surface area contributed by atoms with Gasteiger partial charge in [0.15, 0.2) is 0 Å². The molecule has 162 valence electrons. The van der Waals surface area contributed by atoms with Crippen molar-refractivity contribution in [2.24, 2.45) is 0 Å². The van der Waals surface area contributed by atoms with Crippen LogP contribution in [0.3, 0.4) is 0 Å². The Balaban J connectivity index is 1.84. The highest BCUT2D eigenvalue weighted by Gasteiger charge is 2.34. The van der Waals surface area contributed by atoms with Crippen LogP contribution in [0.2, 0.25) is 0 Å². The molecular formula is C23H35FN2O3. The summed E-state index contributed by atoms with van der Waals surface area (Å²) in [6, 6.07) is 6.56. The highest BCUT2D eigenvalue weighted by atomic mass is 19.1. The number of hydrogen-bond acceptors (Lipinski definition) is 3. The zero-order valence-electron chi connectivity index (χ0n) is 17.8. The molecule has 5 nitrogen and oxygen atoms in total. The van der Waals surface area contributed by atoms with E-state index in [-0.39, 0.29) is 23.0 Å². The summed E-state index contributed by atoms with van der Waals surface area (Å²) in [6.45, 7) is 7.46. The number of amides is 2. The van der Waals surface area contributed by atoms with Crippen molar-refractivity contribution in [3.8, 4) is 0 Å². The summed E-state index contributed by atoms with van der Waals surface area (Å²) >= 11 is 0. The van der Waals surface area contributed by atoms with Crippen molar-refractivity contribution in [3.63, 3.8) is 0 Å². The van der Waals surface area contributed by atoms with Crippen LogP contribution >= 0.6 is 0 Å². The van der Waals surface area contributed by atoms with Gasteiger partial charge in [0.05, 0.1) is 0 Å². The molecule has 1 aliphatic heterocycles. The molecule has 1 saturated heterocycles. The average Bonchev–Trinajstić information content (AvgIpc) is 2.73. The van der Waals surface area contributed by atoms with Gasteiger partial charge in [0.25, 0.3) is 0 Å². The highest BCUT2D eigenvalue weighted by molar-refractivity contribution is 5.79. The van der Waals surface area contributed by atoms with E-state index in [0.717, 1.165) is 44.3 Å². The Morgan fingerprint density at radius 1 is 1.07 bits per heavy atom. The van der Waals surface area contributed by atoms with E-state index < -0.39 is 0 Å². The van der Waals surface area contributed by atoms with E-state index in [1.807, 2.05) is 17.0 Å². The predicted molar refractivity (Wildman–Crippen MR) is 112 cm³/mol. The SMILES string of the molecule is CCCN(CCC)C(=O)CCCC(=O)NCC1(c2ccc(F)cc2)CCOCC1. The number of benzene rings is 1. The van der Waals surface area contributed by atoms with Gasteiger partial charge in [-0.25, -0.2) is 4.39 Å². The average molecular weight is 407 g/mol. The molecule has 1 N–H and O–H groups in total. The second-order valence-corrected chi connectivity index (χ2v) is 7.91. The minimum absolute atomic E-state index is 0.0386. The lowest BCUT2D eigenvalue weighted by Crippen LogP contribution is -2.44. The van der Waals surface area contributed by atoms with Crippen LogP contribution in [-0.4, -0.2) is 49.6 Å². The maximum Gasteiger partial charge on any atom is 0.222 e. The van der Waals surface area contributed by atoms with E-state index in [0.29, 0.717) is 39.0 Å². The van der Waals surface area contributed by atoms with E-state index >= 15 is 0 Å². The van der Waals surface area contributed by atoms with Crippen molar-refractivity contribution in [3.05, 3.63) is 35.6 Å². The summed E-state index contributed by atoms with van der Waals surface area (Å²) < 4.78 is 18.8. The van der Waals surface area contributed by atoms with Gasteiger partial charge in [-0.1, -0.05) is 26.0 Å². The van der Waals surface area contributed by atoms with Gasteiger partial charge in [0, 0.05) is 51.1 Å². The number of hydrogen-bond donors (Lipinski definition) is 1. The lowest BCUT2D eigenvalue weighted by molar-refractivity contribution is -0.131. The van der Waals surface area contributed by atoms with Crippen LogP contribution in [0.25, 0.3) is 0 Å². The van der Waals surface area contributed by atoms with Crippen LogP contribution in [0, 0.1) is 5.82 Å². The quantitative estimate of drug-likeness (QED) is 0.608. The van der Waals surface area contributed by atoms with Crippen LogP contribution in [0.15, 0.2) is 24.3 Å². The molecule has 6 heteroatoms. The smallest absolute Gasteiger partial charge is 0.222 e. The highest BCUT2D eigenvalue weighted by Crippen LogP contribution is 2.34. The monoisotopic (exact) mass is 406 g/mol. The Labute approximate surface area is 174 Å². The van der Waals surface area contributed by atoms with E-state index in [4.69, 9.17) is 4.74 Å². The molecule has 1 aromatic rings. The topological polar surface area (TPSA) is 58.6 Å². The fourth-order valence-electron chi connectivity index (χ4n) is 3.95. The third-order valence-electron chi connectivity index (χ3n) is 5.66. The Kier molecular flexibility index (Phi) is 9.58. The second kappa shape index (κ2) is 11.9. The van der Waals surface area contributed by atoms with Crippen LogP contribution in [0.5, 0.6) is 0 Å². The number of carbonyl (C=O) groups is 2. The van der Waals surface area contributed by atoms with Crippen LogP contribution in [-0.2, 0) is 19.7 Å². The molecule has 1 aliphatic rings. The molecule has 0 unspecified atom stereocenters. The Morgan fingerprint density at radius 2 is 1.69 bits per heavy atom. The van der Waals surface area contributed by atoms with E-state index in [1.165, 1.54) is 12.1 Å². The standard InChI is InChI=1S/C23H35FN2O3/c1-3-14-26(15-4-2)22(28)7-5-6-21(27)25-18-23(12-16-29-17-13-23)19-8-10-20(24)11-9-19/h8-11H,3-7,12-18H2,1-2H3,(H,25,27). The summed E-state index contributed by atoms with van der Waals surface area (Å²) in [6.07, 6.45) is 4.78. The summed E-state index contributed by atoms with van der Waals surface area (Å²) in [5, 5.41) is 3.05. The summed E-state index contributed by atoms with van der Waals surface area (Å²) in [5.74, 6) is -0.165. The minimum Gasteiger partial charge on any atom is -0.381 e. The number of halogens is 1. The van der Waals surface area contributed by atoms with Crippen LogP contribution < -0.4 is 5.32 Å². The van der Waals surface area contributed by atoms with Gasteiger partial charge >= 0.3 is 0 Å². The number of nitrogens with one attached hydrogen (secondary N) is 1. The van der Waals surface area contributed by atoms with Crippen molar-refractivity contribution >= 4 is 11.8 Å². The van der Waals surface area contributed by atoms with Crippen LogP contribution in [0.1, 0.15) is 64.4 Å². The van der Waals surface area contributed by atoms with Gasteiger partial charge in [-0.3, -0.25) is 9.59 Å². The van der Waals surface area contributed by atoms with Crippen molar-refractivity contribution in [1.82, 2.24) is 10.2 Å². The number of ether oxygens (including phenoxy) is 1. The fourth-order valence-corrected chi connectivity index (χ4v) is 3.95. The van der Waals surface area contributed by atoms with Crippen LogP contribution in [0.4, 0.5) is 4.39 Å². The van der Waals surface area contributed by atoms with Gasteiger partial charge < -0.3 is 15.0 Å². The molecule has 1 fully saturated rings. The lowest BCUT2D eigenvalue weighted by Gasteiger charge is -2.38. The third-order valence-corrected chi connectivity index (χ3v) is 5.66. The maximum absolute atomic E-state index is 13.3.